The third kappa shape index (κ3) is 5.16. The first-order valence-electron chi connectivity index (χ1n) is 7.85. The van der Waals surface area contributed by atoms with Crippen molar-refractivity contribution in [1.29, 1.82) is 0 Å². The van der Waals surface area contributed by atoms with E-state index in [0.29, 0.717) is 5.76 Å². The Morgan fingerprint density at radius 2 is 1.89 bits per heavy atom. The van der Waals surface area contributed by atoms with Crippen LogP contribution in [-0.2, 0) is 26.1 Å². The van der Waals surface area contributed by atoms with Gasteiger partial charge in [0.15, 0.2) is 5.54 Å². The highest BCUT2D eigenvalue weighted by Gasteiger charge is 2.35. The second kappa shape index (κ2) is 8.33. The number of carboxylic acids is 1. The van der Waals surface area contributed by atoms with Crippen LogP contribution in [0.25, 0.3) is 0 Å². The van der Waals surface area contributed by atoms with Gasteiger partial charge in [-0.2, -0.15) is 0 Å². The van der Waals surface area contributed by atoms with E-state index in [9.17, 15) is 23.1 Å². The number of aliphatic carboxylic acids is 1. The van der Waals surface area contributed by atoms with Crippen LogP contribution in [0.2, 0.25) is 0 Å². The number of carbonyl (C=O) groups excluding carboxylic acids is 1. The fourth-order valence-corrected chi connectivity index (χ4v) is 3.20. The van der Waals surface area contributed by atoms with Gasteiger partial charge in [0.2, 0.25) is 10.0 Å². The van der Waals surface area contributed by atoms with Crippen LogP contribution in [0, 0.1) is 0 Å². The van der Waals surface area contributed by atoms with Crippen molar-refractivity contribution < 1.29 is 32.3 Å². The molecular weight excluding hydrogens is 376 g/mol. The Bertz CT molecular complexity index is 892. The Kier molecular flexibility index (Phi) is 6.37. The Hall–Kier alpha value is -2.69. The molecule has 0 aliphatic carbocycles. The molecule has 10 heteroatoms. The smallest absolute Gasteiger partial charge is 0.331 e. The summed E-state index contributed by atoms with van der Waals surface area (Å²) in [6.45, 7) is 1.08. The fraction of sp³-hybridized carbons (Fsp3) is 0.294. The molecule has 0 aliphatic rings. The summed E-state index contributed by atoms with van der Waals surface area (Å²) >= 11 is 0. The van der Waals surface area contributed by atoms with Crippen molar-refractivity contribution >= 4 is 21.9 Å². The van der Waals surface area contributed by atoms with E-state index in [2.05, 4.69) is 10.0 Å². The van der Waals surface area contributed by atoms with Crippen molar-refractivity contribution in [3.63, 3.8) is 0 Å². The summed E-state index contributed by atoms with van der Waals surface area (Å²) in [5, 5.41) is 11.6. The third-order valence-corrected chi connectivity index (χ3v) is 5.15. The Labute approximate surface area is 156 Å². The average molecular weight is 396 g/mol. The van der Waals surface area contributed by atoms with E-state index >= 15 is 0 Å². The summed E-state index contributed by atoms with van der Waals surface area (Å²) in [6.07, 6.45) is 1.44. The first-order valence-corrected chi connectivity index (χ1v) is 9.33. The van der Waals surface area contributed by atoms with Crippen molar-refractivity contribution in [1.82, 2.24) is 10.0 Å². The minimum Gasteiger partial charge on any atom is -0.479 e. The largest absolute Gasteiger partial charge is 0.479 e. The van der Waals surface area contributed by atoms with E-state index in [-0.39, 0.29) is 23.6 Å². The molecule has 2 aromatic rings. The van der Waals surface area contributed by atoms with Crippen LogP contribution in [0.5, 0.6) is 0 Å². The van der Waals surface area contributed by atoms with E-state index in [4.69, 9.17) is 9.15 Å². The molecule has 1 aromatic carbocycles. The molecule has 0 aliphatic heterocycles. The van der Waals surface area contributed by atoms with E-state index in [1.54, 1.807) is 12.1 Å². The summed E-state index contributed by atoms with van der Waals surface area (Å²) < 4.78 is 36.8. The quantitative estimate of drug-likeness (QED) is 0.575. The molecule has 1 unspecified atom stereocenters. The lowest BCUT2D eigenvalue weighted by Gasteiger charge is -2.25. The lowest BCUT2D eigenvalue weighted by atomic mass is 10.0. The maximum atomic E-state index is 12.3. The standard InChI is InChI=1S/C17H20N2O7S/c1-17(11-25-2,16(21)22)19-15(20)12-5-7-14(8-6-12)27(23,24)18-10-13-4-3-9-26-13/h3-9,18H,10-11H2,1-2H3,(H,19,20)(H,21,22). The van der Waals surface area contributed by atoms with Crippen LogP contribution in [0.1, 0.15) is 23.0 Å². The summed E-state index contributed by atoms with van der Waals surface area (Å²) in [7, 11) is -2.47. The molecule has 9 nitrogen and oxygen atoms in total. The van der Waals surface area contributed by atoms with Crippen LogP contribution in [0.4, 0.5) is 0 Å². The number of ether oxygens (including phenoxy) is 1. The minimum absolute atomic E-state index is 0.00838. The zero-order valence-electron chi connectivity index (χ0n) is 14.8. The predicted octanol–water partition coefficient (Wildman–Crippen LogP) is 0.978. The zero-order valence-corrected chi connectivity index (χ0v) is 15.6. The van der Waals surface area contributed by atoms with Crippen molar-refractivity contribution in [2.45, 2.75) is 23.9 Å². The van der Waals surface area contributed by atoms with Gasteiger partial charge in [0.05, 0.1) is 24.3 Å². The number of hydrogen-bond donors (Lipinski definition) is 3. The number of methoxy groups -OCH3 is 1. The number of sulfonamides is 1. The van der Waals surface area contributed by atoms with Crippen molar-refractivity contribution in [2.24, 2.45) is 0 Å². The van der Waals surface area contributed by atoms with Crippen LogP contribution in [0.3, 0.4) is 0 Å². The van der Waals surface area contributed by atoms with Gasteiger partial charge >= 0.3 is 5.97 Å². The van der Waals surface area contributed by atoms with Gasteiger partial charge < -0.3 is 19.6 Å². The zero-order chi connectivity index (χ0) is 20.1. The van der Waals surface area contributed by atoms with Gasteiger partial charge in [0, 0.05) is 12.7 Å². The molecule has 1 heterocycles. The summed E-state index contributed by atoms with van der Waals surface area (Å²) in [6, 6.07) is 8.39. The molecule has 1 atom stereocenters. The molecule has 0 bridgehead atoms. The first-order chi connectivity index (χ1) is 12.7. The average Bonchev–Trinajstić information content (AvgIpc) is 3.14. The molecule has 0 fully saturated rings. The summed E-state index contributed by atoms with van der Waals surface area (Å²) in [4.78, 5) is 23.6. The van der Waals surface area contributed by atoms with Crippen molar-refractivity contribution in [2.75, 3.05) is 13.7 Å². The highest BCUT2D eigenvalue weighted by Crippen LogP contribution is 2.13. The topological polar surface area (TPSA) is 135 Å². The molecular formula is C17H20N2O7S. The number of amides is 1. The number of carboxylic acid groups (broad SMARTS) is 1. The maximum absolute atomic E-state index is 12.3. The van der Waals surface area contributed by atoms with E-state index < -0.39 is 27.4 Å². The number of rotatable bonds is 9. The van der Waals surface area contributed by atoms with Crippen LogP contribution in [-0.4, -0.2) is 44.7 Å². The van der Waals surface area contributed by atoms with E-state index in [1.165, 1.54) is 44.6 Å². The number of carbonyl (C=O) groups is 2. The number of benzene rings is 1. The number of nitrogens with one attached hydrogen (secondary N) is 2. The molecule has 1 aromatic heterocycles. The minimum atomic E-state index is -3.79. The second-order valence-electron chi connectivity index (χ2n) is 5.95. The lowest BCUT2D eigenvalue weighted by molar-refractivity contribution is -0.145. The van der Waals surface area contributed by atoms with Crippen LogP contribution >= 0.6 is 0 Å². The molecule has 1 amide bonds. The van der Waals surface area contributed by atoms with E-state index in [0.717, 1.165) is 0 Å². The van der Waals surface area contributed by atoms with Gasteiger partial charge in [-0.3, -0.25) is 4.79 Å². The maximum Gasteiger partial charge on any atom is 0.331 e. The van der Waals surface area contributed by atoms with Gasteiger partial charge in [-0.15, -0.1) is 0 Å². The first kappa shape index (κ1) is 20.6. The summed E-state index contributed by atoms with van der Waals surface area (Å²) in [5.41, 5.74) is -1.50. The van der Waals surface area contributed by atoms with Crippen LogP contribution in [0.15, 0.2) is 52.0 Å². The fourth-order valence-electron chi connectivity index (χ4n) is 2.21. The Morgan fingerprint density at radius 3 is 2.41 bits per heavy atom. The molecule has 0 spiro atoms. The van der Waals surface area contributed by atoms with Crippen molar-refractivity contribution in [3.8, 4) is 0 Å². The SMILES string of the molecule is COCC(C)(NC(=O)c1ccc(S(=O)(=O)NCc2ccco2)cc1)C(=O)O. The molecule has 0 saturated carbocycles. The predicted molar refractivity (Wildman–Crippen MR) is 94.6 cm³/mol. The molecule has 0 radical (unpaired) electrons. The number of furan rings is 1. The van der Waals surface area contributed by atoms with Crippen LogP contribution < -0.4 is 10.0 Å². The van der Waals surface area contributed by atoms with Gasteiger partial charge in [0.1, 0.15) is 5.76 Å². The van der Waals surface area contributed by atoms with Gasteiger partial charge in [-0.05, 0) is 43.3 Å². The molecule has 3 N–H and O–H groups in total. The second-order valence-corrected chi connectivity index (χ2v) is 7.72. The molecule has 2 rings (SSSR count). The molecule has 27 heavy (non-hydrogen) atoms. The van der Waals surface area contributed by atoms with E-state index in [1.807, 2.05) is 0 Å². The molecule has 0 saturated heterocycles. The van der Waals surface area contributed by atoms with Gasteiger partial charge in [0.25, 0.3) is 5.91 Å². The highest BCUT2D eigenvalue weighted by atomic mass is 32.2. The van der Waals surface area contributed by atoms with Gasteiger partial charge in [-0.25, -0.2) is 17.9 Å². The highest BCUT2D eigenvalue weighted by molar-refractivity contribution is 7.89. The summed E-state index contributed by atoms with van der Waals surface area (Å²) in [5.74, 6) is -1.45. The number of hydrogen-bond acceptors (Lipinski definition) is 6. The Balaban J connectivity index is 2.09. The normalized spacial score (nSPS) is 13.7. The molecule has 146 valence electrons. The monoisotopic (exact) mass is 396 g/mol. The lowest BCUT2D eigenvalue weighted by Crippen LogP contribution is -2.55. The third-order valence-electron chi connectivity index (χ3n) is 3.74. The van der Waals surface area contributed by atoms with Crippen molar-refractivity contribution in [3.05, 3.63) is 54.0 Å². The Morgan fingerprint density at radius 1 is 1.22 bits per heavy atom. The van der Waals surface area contributed by atoms with Gasteiger partial charge in [-0.1, -0.05) is 0 Å².